The fourth-order valence-electron chi connectivity index (χ4n) is 3.11. The fourth-order valence-corrected chi connectivity index (χ4v) is 3.11. The lowest BCUT2D eigenvalue weighted by molar-refractivity contribution is -0.00828. The number of benzene rings is 2. The zero-order valence-corrected chi connectivity index (χ0v) is 14.1. The normalized spacial score (nSPS) is 13.7. The minimum atomic E-state index is -1.74. The van der Waals surface area contributed by atoms with Crippen LogP contribution in [0.25, 0.3) is 10.9 Å². The molecule has 0 amide bonds. The quantitative estimate of drug-likeness (QED) is 0.525. The van der Waals surface area contributed by atoms with Gasteiger partial charge < -0.3 is 10.8 Å². The Balaban J connectivity index is 1.76. The Kier molecular flexibility index (Phi) is 4.08. The Morgan fingerprint density at radius 2 is 1.89 bits per heavy atom. The molecule has 138 valence electrons. The van der Waals surface area contributed by atoms with Crippen LogP contribution < -0.4 is 5.73 Å². The van der Waals surface area contributed by atoms with Crippen LogP contribution in [0.1, 0.15) is 5.56 Å². The summed E-state index contributed by atoms with van der Waals surface area (Å²) in [4.78, 5) is 3.84. The summed E-state index contributed by atoms with van der Waals surface area (Å²) in [5, 5.41) is 20.5. The van der Waals surface area contributed by atoms with Crippen LogP contribution in [0, 0.1) is 11.6 Å². The van der Waals surface area contributed by atoms with Gasteiger partial charge in [0.25, 0.3) is 0 Å². The third-order valence-electron chi connectivity index (χ3n) is 4.32. The first-order valence-electron chi connectivity index (χ1n) is 8.16. The summed E-state index contributed by atoms with van der Waals surface area (Å²) in [5.41, 5.74) is 5.27. The maximum atomic E-state index is 14.4. The highest BCUT2D eigenvalue weighted by atomic mass is 19.1. The molecule has 0 aliphatic carbocycles. The fraction of sp³-hybridized carbons (Fsp3) is 0.167. The lowest BCUT2D eigenvalue weighted by Crippen LogP contribution is -2.37. The minimum Gasteiger partial charge on any atom is -0.399 e. The number of nitrogens with zero attached hydrogens (tertiary/aromatic N) is 5. The third kappa shape index (κ3) is 3.36. The molecule has 27 heavy (non-hydrogen) atoms. The second kappa shape index (κ2) is 6.44. The van der Waals surface area contributed by atoms with E-state index in [1.807, 2.05) is 0 Å². The molecule has 4 aromatic rings. The van der Waals surface area contributed by atoms with Crippen molar-refractivity contribution >= 4 is 16.6 Å². The number of nitrogens with two attached hydrogens (primary N) is 1. The van der Waals surface area contributed by atoms with Crippen LogP contribution in [0.2, 0.25) is 0 Å². The molecule has 0 aliphatic heterocycles. The molecule has 9 heteroatoms. The number of anilines is 1. The molecular formula is C18H16F2N6O. The minimum absolute atomic E-state index is 0.0570. The topological polar surface area (TPSA) is 94.8 Å². The van der Waals surface area contributed by atoms with Gasteiger partial charge in [-0.3, -0.25) is 4.68 Å². The Labute approximate surface area is 152 Å². The van der Waals surface area contributed by atoms with Crippen molar-refractivity contribution in [2.24, 2.45) is 0 Å². The molecular weight excluding hydrogens is 354 g/mol. The second-order valence-electron chi connectivity index (χ2n) is 6.39. The van der Waals surface area contributed by atoms with Crippen LogP contribution in [0.3, 0.4) is 0 Å². The largest absolute Gasteiger partial charge is 0.399 e. The van der Waals surface area contributed by atoms with Gasteiger partial charge in [-0.25, -0.2) is 18.4 Å². The number of rotatable bonds is 5. The van der Waals surface area contributed by atoms with Crippen molar-refractivity contribution in [3.8, 4) is 0 Å². The highest BCUT2D eigenvalue weighted by Crippen LogP contribution is 2.29. The molecule has 2 aromatic carbocycles. The molecule has 0 saturated heterocycles. The summed E-state index contributed by atoms with van der Waals surface area (Å²) < 4.78 is 30.7. The number of halogens is 2. The van der Waals surface area contributed by atoms with E-state index < -0.39 is 17.2 Å². The van der Waals surface area contributed by atoms with Gasteiger partial charge >= 0.3 is 0 Å². The van der Waals surface area contributed by atoms with Gasteiger partial charge in [-0.1, -0.05) is 6.07 Å². The van der Waals surface area contributed by atoms with Gasteiger partial charge in [0.15, 0.2) is 0 Å². The molecule has 1 unspecified atom stereocenters. The van der Waals surface area contributed by atoms with Gasteiger partial charge in [0.2, 0.25) is 0 Å². The molecule has 2 heterocycles. The van der Waals surface area contributed by atoms with Crippen molar-refractivity contribution in [2.45, 2.75) is 18.7 Å². The van der Waals surface area contributed by atoms with Crippen molar-refractivity contribution in [1.82, 2.24) is 24.5 Å². The first-order chi connectivity index (χ1) is 12.9. The number of hydrogen-bond acceptors (Lipinski definition) is 5. The van der Waals surface area contributed by atoms with E-state index in [9.17, 15) is 13.9 Å². The summed E-state index contributed by atoms with van der Waals surface area (Å²) >= 11 is 0. The van der Waals surface area contributed by atoms with Gasteiger partial charge in [0.05, 0.1) is 18.6 Å². The third-order valence-corrected chi connectivity index (χ3v) is 4.32. The number of aliphatic hydroxyl groups is 1. The van der Waals surface area contributed by atoms with E-state index in [1.165, 1.54) is 28.1 Å². The van der Waals surface area contributed by atoms with E-state index >= 15 is 0 Å². The Bertz CT molecular complexity index is 1090. The molecule has 4 rings (SSSR count). The van der Waals surface area contributed by atoms with Gasteiger partial charge in [-0.15, -0.1) is 0 Å². The van der Waals surface area contributed by atoms with E-state index in [-0.39, 0.29) is 18.7 Å². The first-order valence-corrected chi connectivity index (χ1v) is 8.16. The molecule has 0 spiro atoms. The van der Waals surface area contributed by atoms with E-state index in [1.54, 1.807) is 24.4 Å². The van der Waals surface area contributed by atoms with Crippen molar-refractivity contribution in [1.29, 1.82) is 0 Å². The van der Waals surface area contributed by atoms with E-state index in [2.05, 4.69) is 15.2 Å². The highest BCUT2D eigenvalue weighted by molar-refractivity contribution is 5.81. The Morgan fingerprint density at radius 1 is 1.07 bits per heavy atom. The molecule has 2 aromatic heterocycles. The van der Waals surface area contributed by atoms with Crippen LogP contribution in [-0.2, 0) is 18.7 Å². The zero-order valence-electron chi connectivity index (χ0n) is 14.1. The van der Waals surface area contributed by atoms with Gasteiger partial charge in [-0.2, -0.15) is 10.2 Å². The van der Waals surface area contributed by atoms with E-state index in [4.69, 9.17) is 5.73 Å². The van der Waals surface area contributed by atoms with Crippen LogP contribution >= 0.6 is 0 Å². The molecule has 1 atom stereocenters. The van der Waals surface area contributed by atoms with Gasteiger partial charge in [0.1, 0.15) is 29.9 Å². The van der Waals surface area contributed by atoms with Crippen LogP contribution in [0.5, 0.6) is 0 Å². The molecule has 0 saturated carbocycles. The van der Waals surface area contributed by atoms with Crippen LogP contribution in [-0.4, -0.2) is 29.7 Å². The van der Waals surface area contributed by atoms with Crippen LogP contribution in [0.15, 0.2) is 55.2 Å². The SMILES string of the molecule is Nc1ccc2nn(CC(O)(Cn3cncn3)c3ccc(F)cc3F)cc2c1. The Morgan fingerprint density at radius 3 is 2.63 bits per heavy atom. The summed E-state index contributed by atoms with van der Waals surface area (Å²) in [5.74, 6) is -1.57. The summed E-state index contributed by atoms with van der Waals surface area (Å²) in [6, 6.07) is 8.31. The molecule has 0 radical (unpaired) electrons. The standard InChI is InChI=1S/C18H16F2N6O/c19-13-1-3-15(16(20)6-13)18(27,9-26-11-22-10-23-26)8-25-7-12-5-14(21)2-4-17(12)24-25/h1-7,10-11,27H,8-9,21H2. The highest BCUT2D eigenvalue weighted by Gasteiger charge is 2.34. The molecule has 7 nitrogen and oxygen atoms in total. The predicted molar refractivity (Wildman–Crippen MR) is 94.4 cm³/mol. The van der Waals surface area contributed by atoms with E-state index in [0.29, 0.717) is 11.2 Å². The van der Waals surface area contributed by atoms with E-state index in [0.717, 1.165) is 17.5 Å². The number of aromatic nitrogens is 5. The molecule has 0 bridgehead atoms. The predicted octanol–water partition coefficient (Wildman–Crippen LogP) is 2.08. The van der Waals surface area contributed by atoms with Crippen molar-refractivity contribution < 1.29 is 13.9 Å². The number of hydrogen-bond donors (Lipinski definition) is 2. The monoisotopic (exact) mass is 370 g/mol. The van der Waals surface area contributed by atoms with Gasteiger partial charge in [-0.05, 0) is 24.3 Å². The molecule has 0 fully saturated rings. The molecule has 3 N–H and O–H groups in total. The smallest absolute Gasteiger partial charge is 0.137 e. The molecule has 0 aliphatic rings. The van der Waals surface area contributed by atoms with Crippen molar-refractivity contribution in [3.05, 3.63) is 72.4 Å². The zero-order chi connectivity index (χ0) is 19.0. The summed E-state index contributed by atoms with van der Waals surface area (Å²) in [6.45, 7) is -0.169. The van der Waals surface area contributed by atoms with Crippen LogP contribution in [0.4, 0.5) is 14.5 Å². The summed E-state index contributed by atoms with van der Waals surface area (Å²) in [7, 11) is 0. The average Bonchev–Trinajstić information content (AvgIpc) is 3.23. The lowest BCUT2D eigenvalue weighted by Gasteiger charge is -2.28. The van der Waals surface area contributed by atoms with Crippen molar-refractivity contribution in [3.63, 3.8) is 0 Å². The number of fused-ring (bicyclic) bond motifs is 1. The number of nitrogen functional groups attached to an aromatic ring is 1. The second-order valence-corrected chi connectivity index (χ2v) is 6.39. The maximum Gasteiger partial charge on any atom is 0.137 e. The van der Waals surface area contributed by atoms with Gasteiger partial charge in [0, 0.05) is 28.9 Å². The summed E-state index contributed by atoms with van der Waals surface area (Å²) in [6.07, 6.45) is 4.43. The van der Waals surface area contributed by atoms with Crippen molar-refractivity contribution in [2.75, 3.05) is 5.73 Å². The maximum absolute atomic E-state index is 14.4. The lowest BCUT2D eigenvalue weighted by atomic mass is 9.93. The Hall–Kier alpha value is -3.33. The average molecular weight is 370 g/mol. The first kappa shape index (κ1) is 17.1.